The minimum Gasteiger partial charge on any atom is -0.484 e. The normalized spacial score (nSPS) is 11.8. The molecule has 1 amide bonds. The minimum atomic E-state index is -0.850. The van der Waals surface area contributed by atoms with Crippen LogP contribution < -0.4 is 10.1 Å². The van der Waals surface area contributed by atoms with E-state index in [1.165, 1.54) is 0 Å². The van der Waals surface area contributed by atoms with Gasteiger partial charge < -0.3 is 15.2 Å². The number of carbonyl (C=O) groups excluding carboxylic acids is 1. The molecule has 0 spiro atoms. The number of hydrogen-bond acceptors (Lipinski definition) is 3. The molecule has 2 N–H and O–H groups in total. The van der Waals surface area contributed by atoms with E-state index in [1.54, 1.807) is 36.4 Å². The Balaban J connectivity index is 1.78. The van der Waals surface area contributed by atoms with Gasteiger partial charge in [-0.25, -0.2) is 0 Å². The van der Waals surface area contributed by atoms with Crippen LogP contribution >= 0.6 is 11.6 Å². The monoisotopic (exact) mass is 319 g/mol. The number of aliphatic hydroxyl groups is 1. The molecule has 0 saturated carbocycles. The Hall–Kier alpha value is -2.04. The van der Waals surface area contributed by atoms with Crippen molar-refractivity contribution in [1.29, 1.82) is 0 Å². The number of benzene rings is 2. The Morgan fingerprint density at radius 1 is 1.23 bits per heavy atom. The Bertz CT molecular complexity index is 628. The van der Waals surface area contributed by atoms with Crippen LogP contribution in [0, 0.1) is 6.92 Å². The van der Waals surface area contributed by atoms with Crippen molar-refractivity contribution in [3.8, 4) is 5.75 Å². The van der Waals surface area contributed by atoms with Gasteiger partial charge in [0.15, 0.2) is 6.61 Å². The van der Waals surface area contributed by atoms with Crippen molar-refractivity contribution in [2.45, 2.75) is 13.0 Å². The van der Waals surface area contributed by atoms with Gasteiger partial charge in [0.05, 0.1) is 6.10 Å². The van der Waals surface area contributed by atoms with E-state index in [0.29, 0.717) is 16.3 Å². The van der Waals surface area contributed by atoms with Crippen molar-refractivity contribution < 1.29 is 14.6 Å². The molecule has 22 heavy (non-hydrogen) atoms. The zero-order valence-corrected chi connectivity index (χ0v) is 13.0. The molecule has 0 aromatic heterocycles. The molecule has 0 aliphatic rings. The molecule has 1 atom stereocenters. The maximum absolute atomic E-state index is 11.7. The number of carbonyl (C=O) groups is 1. The number of aliphatic hydroxyl groups excluding tert-OH is 1. The van der Waals surface area contributed by atoms with Gasteiger partial charge in [-0.05, 0) is 25.1 Å². The van der Waals surface area contributed by atoms with E-state index < -0.39 is 6.10 Å². The van der Waals surface area contributed by atoms with Gasteiger partial charge in [0.1, 0.15) is 5.75 Å². The SMILES string of the molecule is Cc1ccc(OCC(=O)NCC(O)c2ccccc2Cl)cc1. The quantitative estimate of drug-likeness (QED) is 0.860. The number of hydrogen-bond donors (Lipinski definition) is 2. The molecule has 0 radical (unpaired) electrons. The van der Waals surface area contributed by atoms with Crippen LogP contribution in [0.1, 0.15) is 17.2 Å². The number of amides is 1. The molecule has 0 bridgehead atoms. The lowest BCUT2D eigenvalue weighted by Gasteiger charge is -2.14. The van der Waals surface area contributed by atoms with E-state index in [4.69, 9.17) is 16.3 Å². The molecule has 0 aliphatic carbocycles. The van der Waals surface area contributed by atoms with Crippen molar-refractivity contribution >= 4 is 17.5 Å². The maximum Gasteiger partial charge on any atom is 0.258 e. The first-order valence-electron chi connectivity index (χ1n) is 6.95. The molecule has 1 unspecified atom stereocenters. The fourth-order valence-corrected chi connectivity index (χ4v) is 2.16. The third-order valence-electron chi connectivity index (χ3n) is 3.15. The first-order chi connectivity index (χ1) is 10.6. The summed E-state index contributed by atoms with van der Waals surface area (Å²) in [6, 6.07) is 14.4. The second-order valence-corrected chi connectivity index (χ2v) is 5.35. The Labute approximate surface area is 134 Å². The molecule has 0 heterocycles. The van der Waals surface area contributed by atoms with E-state index in [2.05, 4.69) is 5.32 Å². The van der Waals surface area contributed by atoms with E-state index in [9.17, 15) is 9.90 Å². The fourth-order valence-electron chi connectivity index (χ4n) is 1.90. The van der Waals surface area contributed by atoms with Gasteiger partial charge in [-0.2, -0.15) is 0 Å². The molecular formula is C17H18ClNO3. The average Bonchev–Trinajstić information content (AvgIpc) is 2.52. The molecular weight excluding hydrogens is 302 g/mol. The van der Waals surface area contributed by atoms with Crippen molar-refractivity contribution in [3.63, 3.8) is 0 Å². The van der Waals surface area contributed by atoms with Crippen molar-refractivity contribution in [2.24, 2.45) is 0 Å². The first kappa shape index (κ1) is 16.3. The number of aryl methyl sites for hydroxylation is 1. The van der Waals surface area contributed by atoms with Crippen molar-refractivity contribution in [3.05, 3.63) is 64.7 Å². The third kappa shape index (κ3) is 4.76. The van der Waals surface area contributed by atoms with E-state index in [0.717, 1.165) is 5.56 Å². The lowest BCUT2D eigenvalue weighted by Crippen LogP contribution is -2.32. The first-order valence-corrected chi connectivity index (χ1v) is 7.32. The third-order valence-corrected chi connectivity index (χ3v) is 3.49. The Morgan fingerprint density at radius 2 is 1.91 bits per heavy atom. The number of nitrogens with one attached hydrogen (secondary N) is 1. The summed E-state index contributed by atoms with van der Waals surface area (Å²) in [6.45, 7) is 1.96. The summed E-state index contributed by atoms with van der Waals surface area (Å²) in [7, 11) is 0. The molecule has 116 valence electrons. The number of ether oxygens (including phenoxy) is 1. The second kappa shape index (κ2) is 7.82. The van der Waals surface area contributed by atoms with Crippen LogP contribution in [0.2, 0.25) is 5.02 Å². The van der Waals surface area contributed by atoms with Crippen LogP contribution in [-0.4, -0.2) is 24.2 Å². The standard InChI is InChI=1S/C17H18ClNO3/c1-12-6-8-13(9-7-12)22-11-17(21)19-10-16(20)14-4-2-3-5-15(14)18/h2-9,16,20H,10-11H2,1H3,(H,19,21). The molecule has 0 saturated heterocycles. The molecule has 5 heteroatoms. The Kier molecular flexibility index (Phi) is 5.81. The van der Waals surface area contributed by atoms with Crippen LogP contribution in [0.4, 0.5) is 0 Å². The maximum atomic E-state index is 11.7. The summed E-state index contributed by atoms with van der Waals surface area (Å²) >= 11 is 5.99. The van der Waals surface area contributed by atoms with Crippen LogP contribution in [0.5, 0.6) is 5.75 Å². The largest absolute Gasteiger partial charge is 0.484 e. The van der Waals surface area contributed by atoms with Crippen LogP contribution in [0.3, 0.4) is 0 Å². The van der Waals surface area contributed by atoms with E-state index >= 15 is 0 Å². The smallest absolute Gasteiger partial charge is 0.258 e. The summed E-state index contributed by atoms with van der Waals surface area (Å²) < 4.78 is 5.36. The summed E-state index contributed by atoms with van der Waals surface area (Å²) in [5.41, 5.74) is 1.71. The predicted molar refractivity (Wildman–Crippen MR) is 86.1 cm³/mol. The fraction of sp³-hybridized carbons (Fsp3) is 0.235. The number of halogens is 1. The second-order valence-electron chi connectivity index (χ2n) is 4.94. The highest BCUT2D eigenvalue weighted by Gasteiger charge is 2.12. The summed E-state index contributed by atoms with van der Waals surface area (Å²) in [6.07, 6.45) is -0.850. The molecule has 2 rings (SSSR count). The molecule has 4 nitrogen and oxygen atoms in total. The van der Waals surface area contributed by atoms with E-state index in [1.807, 2.05) is 19.1 Å². The zero-order chi connectivity index (χ0) is 15.9. The van der Waals surface area contributed by atoms with Crippen LogP contribution in [0.25, 0.3) is 0 Å². The van der Waals surface area contributed by atoms with Crippen molar-refractivity contribution in [1.82, 2.24) is 5.32 Å². The van der Waals surface area contributed by atoms with Gasteiger partial charge in [0.2, 0.25) is 0 Å². The minimum absolute atomic E-state index is 0.0832. The van der Waals surface area contributed by atoms with Crippen LogP contribution in [0.15, 0.2) is 48.5 Å². The predicted octanol–water partition coefficient (Wildman–Crippen LogP) is 2.88. The average molecular weight is 320 g/mol. The molecule has 2 aromatic rings. The van der Waals surface area contributed by atoms with Crippen molar-refractivity contribution in [2.75, 3.05) is 13.2 Å². The van der Waals surface area contributed by atoms with Gasteiger partial charge in [0, 0.05) is 17.1 Å². The van der Waals surface area contributed by atoms with Gasteiger partial charge in [-0.3, -0.25) is 4.79 Å². The molecule has 2 aromatic carbocycles. The molecule has 0 aliphatic heterocycles. The highest BCUT2D eigenvalue weighted by atomic mass is 35.5. The Morgan fingerprint density at radius 3 is 2.59 bits per heavy atom. The van der Waals surface area contributed by atoms with E-state index in [-0.39, 0.29) is 19.1 Å². The summed E-state index contributed by atoms with van der Waals surface area (Å²) in [5, 5.41) is 13.1. The lowest BCUT2D eigenvalue weighted by atomic mass is 10.1. The highest BCUT2D eigenvalue weighted by Crippen LogP contribution is 2.21. The van der Waals surface area contributed by atoms with Crippen LogP contribution in [-0.2, 0) is 4.79 Å². The highest BCUT2D eigenvalue weighted by molar-refractivity contribution is 6.31. The van der Waals surface area contributed by atoms with Gasteiger partial charge in [0.25, 0.3) is 5.91 Å². The van der Waals surface area contributed by atoms with Gasteiger partial charge in [-0.15, -0.1) is 0 Å². The summed E-state index contributed by atoms with van der Waals surface area (Å²) in [4.78, 5) is 11.7. The zero-order valence-electron chi connectivity index (χ0n) is 12.3. The summed E-state index contributed by atoms with van der Waals surface area (Å²) in [5.74, 6) is 0.332. The van der Waals surface area contributed by atoms with Gasteiger partial charge in [-0.1, -0.05) is 47.5 Å². The molecule has 0 fully saturated rings. The number of rotatable bonds is 6. The lowest BCUT2D eigenvalue weighted by molar-refractivity contribution is -0.123. The topological polar surface area (TPSA) is 58.6 Å². The van der Waals surface area contributed by atoms with Gasteiger partial charge >= 0.3 is 0 Å².